The van der Waals surface area contributed by atoms with Crippen LogP contribution in [0.15, 0.2) is 60.2 Å². The summed E-state index contributed by atoms with van der Waals surface area (Å²) in [6, 6.07) is 13.6. The number of Topliss-reactive ketones (excluding diaryl/α,β-unsaturated/α-hetero) is 1. The number of carbonyl (C=O) groups is 3. The number of ketones is 1. The minimum absolute atomic E-state index is 0.0645. The third kappa shape index (κ3) is 2.83. The zero-order valence-corrected chi connectivity index (χ0v) is 16.1. The fourth-order valence-corrected chi connectivity index (χ4v) is 4.15. The van der Waals surface area contributed by atoms with Gasteiger partial charge in [-0.1, -0.05) is 36.4 Å². The predicted molar refractivity (Wildman–Crippen MR) is 104 cm³/mol. The molecule has 2 aromatic carbocycles. The summed E-state index contributed by atoms with van der Waals surface area (Å²) in [5.41, 5.74) is -0.311. The monoisotopic (exact) mass is 392 g/mol. The lowest BCUT2D eigenvalue weighted by Gasteiger charge is -2.38. The quantitative estimate of drug-likeness (QED) is 0.336. The minimum Gasteiger partial charge on any atom is -0.497 e. The average Bonchev–Trinajstić information content (AvgIpc) is 3.16. The number of ether oxygens (including phenoxy) is 3. The number of hydrogen-bond donors (Lipinski definition) is 0. The maximum absolute atomic E-state index is 13.6. The second-order valence-corrected chi connectivity index (χ2v) is 6.98. The highest BCUT2D eigenvalue weighted by Gasteiger charge is 2.61. The molecule has 1 aliphatic heterocycles. The molecule has 2 unspecified atom stereocenters. The Morgan fingerprint density at radius 2 is 1.93 bits per heavy atom. The van der Waals surface area contributed by atoms with Gasteiger partial charge in [-0.05, 0) is 31.5 Å². The Balaban J connectivity index is 1.91. The van der Waals surface area contributed by atoms with E-state index in [1.54, 1.807) is 61.5 Å². The molecule has 29 heavy (non-hydrogen) atoms. The van der Waals surface area contributed by atoms with Crippen molar-refractivity contribution in [1.82, 2.24) is 0 Å². The summed E-state index contributed by atoms with van der Waals surface area (Å²) in [5.74, 6) is -1.53. The summed E-state index contributed by atoms with van der Waals surface area (Å²) >= 11 is 0. The summed E-state index contributed by atoms with van der Waals surface area (Å²) in [6.45, 7) is 1.90. The van der Waals surface area contributed by atoms with Gasteiger partial charge in [0.2, 0.25) is 0 Å². The van der Waals surface area contributed by atoms with Crippen molar-refractivity contribution in [3.8, 4) is 11.5 Å². The van der Waals surface area contributed by atoms with Crippen molar-refractivity contribution in [2.45, 2.75) is 19.3 Å². The first-order valence-electron chi connectivity index (χ1n) is 9.40. The van der Waals surface area contributed by atoms with Crippen LogP contribution in [0.2, 0.25) is 0 Å². The highest BCUT2D eigenvalue weighted by molar-refractivity contribution is 6.17. The molecular weight excluding hydrogens is 372 g/mol. The van der Waals surface area contributed by atoms with Gasteiger partial charge in [0.1, 0.15) is 16.9 Å². The van der Waals surface area contributed by atoms with Crippen molar-refractivity contribution >= 4 is 17.7 Å². The van der Waals surface area contributed by atoms with Crippen LogP contribution in [-0.2, 0) is 14.3 Å². The van der Waals surface area contributed by atoms with Crippen LogP contribution in [0.4, 0.5) is 0 Å². The second kappa shape index (κ2) is 7.20. The maximum Gasteiger partial charge on any atom is 0.334 e. The Labute approximate surface area is 168 Å². The summed E-state index contributed by atoms with van der Waals surface area (Å²) < 4.78 is 16.1. The van der Waals surface area contributed by atoms with Crippen LogP contribution in [0, 0.1) is 5.41 Å². The standard InChI is InChI=1S/C23H20O6/c1-3-28-21(25)16-11-12-23(20(24)14-7-5-4-6-8-14)19(16)17-13-15(27-2)9-10-18(17)29-22(23)26/h4-11,13,19H,3,12H2,1-2H3. The van der Waals surface area contributed by atoms with E-state index in [-0.39, 0.29) is 18.8 Å². The summed E-state index contributed by atoms with van der Waals surface area (Å²) in [5, 5.41) is 0. The van der Waals surface area contributed by atoms with Gasteiger partial charge in [-0.3, -0.25) is 9.59 Å². The lowest BCUT2D eigenvalue weighted by atomic mass is 9.66. The molecule has 0 bridgehead atoms. The van der Waals surface area contributed by atoms with E-state index in [0.29, 0.717) is 28.2 Å². The van der Waals surface area contributed by atoms with Gasteiger partial charge in [0, 0.05) is 22.6 Å². The number of esters is 2. The van der Waals surface area contributed by atoms with E-state index in [2.05, 4.69) is 0 Å². The van der Waals surface area contributed by atoms with E-state index in [1.807, 2.05) is 0 Å². The van der Waals surface area contributed by atoms with Crippen LogP contribution >= 0.6 is 0 Å². The minimum atomic E-state index is -1.55. The number of allylic oxidation sites excluding steroid dienone is 1. The van der Waals surface area contributed by atoms with Crippen LogP contribution in [0.5, 0.6) is 11.5 Å². The molecule has 0 amide bonds. The Hall–Kier alpha value is -3.41. The van der Waals surface area contributed by atoms with Crippen LogP contribution in [0.1, 0.15) is 35.2 Å². The molecule has 6 heteroatoms. The van der Waals surface area contributed by atoms with E-state index in [1.165, 1.54) is 7.11 Å². The van der Waals surface area contributed by atoms with Crippen molar-refractivity contribution in [1.29, 1.82) is 0 Å². The smallest absolute Gasteiger partial charge is 0.334 e. The van der Waals surface area contributed by atoms with Crippen molar-refractivity contribution in [2.75, 3.05) is 13.7 Å². The molecule has 6 nitrogen and oxygen atoms in total. The van der Waals surface area contributed by atoms with E-state index in [4.69, 9.17) is 14.2 Å². The van der Waals surface area contributed by atoms with Gasteiger partial charge in [0.15, 0.2) is 5.78 Å². The van der Waals surface area contributed by atoms with Gasteiger partial charge in [-0.2, -0.15) is 0 Å². The van der Waals surface area contributed by atoms with Crippen molar-refractivity contribution < 1.29 is 28.6 Å². The molecule has 0 saturated carbocycles. The number of hydrogen-bond acceptors (Lipinski definition) is 6. The highest BCUT2D eigenvalue weighted by Crippen LogP contribution is 2.57. The lowest BCUT2D eigenvalue weighted by Crippen LogP contribution is -2.48. The van der Waals surface area contributed by atoms with Crippen LogP contribution < -0.4 is 9.47 Å². The van der Waals surface area contributed by atoms with Gasteiger partial charge in [-0.25, -0.2) is 4.79 Å². The fourth-order valence-electron chi connectivity index (χ4n) is 4.15. The Bertz CT molecular complexity index is 1020. The van der Waals surface area contributed by atoms with Crippen LogP contribution in [-0.4, -0.2) is 31.4 Å². The van der Waals surface area contributed by atoms with E-state index >= 15 is 0 Å². The van der Waals surface area contributed by atoms with E-state index in [0.717, 1.165) is 0 Å². The third-order valence-electron chi connectivity index (χ3n) is 5.49. The van der Waals surface area contributed by atoms with Crippen molar-refractivity contribution in [3.05, 3.63) is 71.3 Å². The number of methoxy groups -OCH3 is 1. The molecule has 2 aromatic rings. The normalized spacial score (nSPS) is 22.1. The summed E-state index contributed by atoms with van der Waals surface area (Å²) in [7, 11) is 1.52. The molecule has 0 saturated heterocycles. The van der Waals surface area contributed by atoms with Gasteiger partial charge >= 0.3 is 11.9 Å². The van der Waals surface area contributed by atoms with Crippen LogP contribution in [0.25, 0.3) is 0 Å². The van der Waals surface area contributed by atoms with Gasteiger partial charge in [0.05, 0.1) is 13.7 Å². The maximum atomic E-state index is 13.6. The van der Waals surface area contributed by atoms with E-state index < -0.39 is 23.3 Å². The van der Waals surface area contributed by atoms with E-state index in [9.17, 15) is 14.4 Å². The SMILES string of the molecule is CCOC(=O)C1=CCC2(C(=O)c3ccccc3)C(=O)Oc3ccc(OC)cc3C12. The summed E-state index contributed by atoms with van der Waals surface area (Å²) in [4.78, 5) is 39.5. The first kappa shape index (κ1) is 18.9. The van der Waals surface area contributed by atoms with Crippen molar-refractivity contribution in [3.63, 3.8) is 0 Å². The fraction of sp³-hybridized carbons (Fsp3) is 0.261. The largest absolute Gasteiger partial charge is 0.497 e. The molecule has 148 valence electrons. The predicted octanol–water partition coefficient (Wildman–Crippen LogP) is 3.46. The zero-order chi connectivity index (χ0) is 20.6. The number of benzene rings is 2. The van der Waals surface area contributed by atoms with Crippen LogP contribution in [0.3, 0.4) is 0 Å². The van der Waals surface area contributed by atoms with Gasteiger partial charge in [-0.15, -0.1) is 0 Å². The third-order valence-corrected chi connectivity index (χ3v) is 5.49. The molecule has 0 radical (unpaired) electrons. The molecule has 2 atom stereocenters. The molecule has 2 aliphatic rings. The number of rotatable bonds is 5. The first-order chi connectivity index (χ1) is 14.0. The molecule has 4 rings (SSSR count). The zero-order valence-electron chi connectivity index (χ0n) is 16.1. The Morgan fingerprint density at radius 3 is 2.62 bits per heavy atom. The molecule has 0 spiro atoms. The number of carbonyl (C=O) groups excluding carboxylic acids is 3. The molecule has 0 fully saturated rings. The second-order valence-electron chi connectivity index (χ2n) is 6.98. The van der Waals surface area contributed by atoms with Crippen molar-refractivity contribution in [2.24, 2.45) is 5.41 Å². The summed E-state index contributed by atoms with van der Waals surface area (Å²) in [6.07, 6.45) is 1.69. The molecule has 0 N–H and O–H groups in total. The van der Waals surface area contributed by atoms with Gasteiger partial charge < -0.3 is 14.2 Å². The Morgan fingerprint density at radius 1 is 1.17 bits per heavy atom. The highest BCUT2D eigenvalue weighted by atomic mass is 16.5. The first-order valence-corrected chi connectivity index (χ1v) is 9.40. The molecule has 1 heterocycles. The Kier molecular flexibility index (Phi) is 4.70. The molecule has 0 aromatic heterocycles. The lowest BCUT2D eigenvalue weighted by molar-refractivity contribution is -0.145. The van der Waals surface area contributed by atoms with Gasteiger partial charge in [0.25, 0.3) is 0 Å². The molecule has 1 aliphatic carbocycles. The average molecular weight is 392 g/mol. The number of fused-ring (bicyclic) bond motifs is 3. The topological polar surface area (TPSA) is 78.9 Å². The molecular formula is C23H20O6.